The van der Waals surface area contributed by atoms with Crippen molar-refractivity contribution in [2.24, 2.45) is 5.92 Å². The van der Waals surface area contributed by atoms with Crippen molar-refractivity contribution in [3.63, 3.8) is 0 Å². The molecule has 0 fully saturated rings. The Morgan fingerprint density at radius 3 is 2.46 bits per heavy atom. The van der Waals surface area contributed by atoms with E-state index < -0.39 is 0 Å². The van der Waals surface area contributed by atoms with Crippen molar-refractivity contribution in [2.45, 2.75) is 40.5 Å². The van der Waals surface area contributed by atoms with Gasteiger partial charge in [0, 0.05) is 0 Å². The van der Waals surface area contributed by atoms with Crippen molar-refractivity contribution in [3.05, 3.63) is 24.0 Å². The molecule has 0 amide bonds. The first-order chi connectivity index (χ1) is 6.11. The molecule has 0 aromatic heterocycles. The van der Waals surface area contributed by atoms with E-state index in [-0.39, 0.29) is 0 Å². The third-order valence-corrected chi connectivity index (χ3v) is 1.73. The van der Waals surface area contributed by atoms with Crippen LogP contribution in [0, 0.1) is 5.92 Å². The summed E-state index contributed by atoms with van der Waals surface area (Å²) >= 11 is 0. The molecule has 0 saturated carbocycles. The first-order valence-corrected chi connectivity index (χ1v) is 5.09. The summed E-state index contributed by atoms with van der Waals surface area (Å²) in [6.45, 7) is 13.3. The molecule has 1 nitrogen and oxygen atoms in total. The Morgan fingerprint density at radius 1 is 1.46 bits per heavy atom. The van der Waals surface area contributed by atoms with Gasteiger partial charge in [0.1, 0.15) is 5.76 Å². The van der Waals surface area contributed by atoms with E-state index in [1.54, 1.807) is 0 Å². The molecule has 0 spiro atoms. The van der Waals surface area contributed by atoms with Gasteiger partial charge in [0.25, 0.3) is 0 Å². The smallest absolute Gasteiger partial charge is 0.117 e. The number of rotatable bonds is 6. The van der Waals surface area contributed by atoms with Crippen LogP contribution >= 0.6 is 0 Å². The molecule has 0 heterocycles. The molecule has 0 atom stereocenters. The van der Waals surface area contributed by atoms with Gasteiger partial charge in [-0.05, 0) is 37.3 Å². The minimum atomic E-state index is 0.646. The van der Waals surface area contributed by atoms with E-state index in [0.29, 0.717) is 5.92 Å². The predicted octanol–water partition coefficient (Wildman–Crippen LogP) is 3.92. The van der Waals surface area contributed by atoms with E-state index in [1.807, 2.05) is 13.0 Å². The summed E-state index contributed by atoms with van der Waals surface area (Å²) < 4.78 is 5.56. The second-order valence-corrected chi connectivity index (χ2v) is 3.70. The molecule has 1 heteroatoms. The molecule has 0 aliphatic heterocycles. The van der Waals surface area contributed by atoms with Crippen molar-refractivity contribution in [3.8, 4) is 0 Å². The van der Waals surface area contributed by atoms with E-state index in [4.69, 9.17) is 4.74 Å². The first kappa shape index (κ1) is 12.3. The second kappa shape index (κ2) is 6.76. The highest BCUT2D eigenvalue weighted by Gasteiger charge is 2.04. The normalized spacial score (nSPS) is 11.9. The maximum absolute atomic E-state index is 5.56. The van der Waals surface area contributed by atoms with Gasteiger partial charge in [-0.15, -0.1) is 0 Å². The molecule has 0 unspecified atom stereocenters. The Labute approximate surface area is 82.5 Å². The summed E-state index contributed by atoms with van der Waals surface area (Å²) in [5, 5.41) is 0. The zero-order valence-electron chi connectivity index (χ0n) is 9.39. The summed E-state index contributed by atoms with van der Waals surface area (Å²) in [6, 6.07) is 0. The zero-order valence-corrected chi connectivity index (χ0v) is 9.39. The standard InChI is InChI=1S/C12H22O/c1-6-8-13-12(7-2)11(5)9-10(3)4/h7,10H,5-6,8-9H2,1-4H3/b12-7+. The van der Waals surface area contributed by atoms with Gasteiger partial charge < -0.3 is 4.74 Å². The number of hydrogen-bond acceptors (Lipinski definition) is 1. The van der Waals surface area contributed by atoms with Crippen LogP contribution < -0.4 is 0 Å². The van der Waals surface area contributed by atoms with Gasteiger partial charge in [0.2, 0.25) is 0 Å². The molecule has 0 aliphatic rings. The molecule has 0 aromatic rings. The van der Waals surface area contributed by atoms with Crippen LogP contribution in [0.3, 0.4) is 0 Å². The average Bonchev–Trinajstić information content (AvgIpc) is 2.04. The van der Waals surface area contributed by atoms with Gasteiger partial charge in [0.15, 0.2) is 0 Å². The molecule has 0 aliphatic carbocycles. The van der Waals surface area contributed by atoms with E-state index in [1.165, 1.54) is 0 Å². The number of ether oxygens (including phenoxy) is 1. The van der Waals surface area contributed by atoms with Crippen LogP contribution in [0.25, 0.3) is 0 Å². The molecule has 0 aromatic carbocycles. The third-order valence-electron chi connectivity index (χ3n) is 1.73. The summed E-state index contributed by atoms with van der Waals surface area (Å²) in [5.41, 5.74) is 1.12. The third kappa shape index (κ3) is 5.51. The van der Waals surface area contributed by atoms with Gasteiger partial charge in [0.05, 0.1) is 6.61 Å². The molecule has 0 N–H and O–H groups in total. The second-order valence-electron chi connectivity index (χ2n) is 3.70. The van der Waals surface area contributed by atoms with Crippen LogP contribution in [-0.4, -0.2) is 6.61 Å². The Hall–Kier alpha value is -0.720. The lowest BCUT2D eigenvalue weighted by molar-refractivity contribution is 0.217. The highest BCUT2D eigenvalue weighted by Crippen LogP contribution is 2.18. The van der Waals surface area contributed by atoms with Crippen molar-refractivity contribution in [2.75, 3.05) is 6.61 Å². The maximum Gasteiger partial charge on any atom is 0.117 e. The Bertz CT molecular complexity index is 178. The fourth-order valence-electron chi connectivity index (χ4n) is 1.19. The number of hydrogen-bond donors (Lipinski definition) is 0. The molecule has 13 heavy (non-hydrogen) atoms. The zero-order chi connectivity index (χ0) is 10.3. The predicted molar refractivity (Wildman–Crippen MR) is 58.6 cm³/mol. The Balaban J connectivity index is 4.02. The molecule has 76 valence electrons. The lowest BCUT2D eigenvalue weighted by Gasteiger charge is -2.13. The molecule has 0 rings (SSSR count). The molecular formula is C12H22O. The Kier molecular flexibility index (Phi) is 6.38. The van der Waals surface area contributed by atoms with Crippen LogP contribution in [0.15, 0.2) is 24.0 Å². The molecule has 0 saturated heterocycles. The highest BCUT2D eigenvalue weighted by atomic mass is 16.5. The van der Waals surface area contributed by atoms with E-state index in [0.717, 1.165) is 30.8 Å². The van der Waals surface area contributed by atoms with Crippen LogP contribution in [0.1, 0.15) is 40.5 Å². The summed E-state index contributed by atoms with van der Waals surface area (Å²) in [4.78, 5) is 0. The fourth-order valence-corrected chi connectivity index (χ4v) is 1.19. The maximum atomic E-state index is 5.56. The van der Waals surface area contributed by atoms with Crippen molar-refractivity contribution >= 4 is 0 Å². The number of allylic oxidation sites excluding steroid dienone is 2. The SMILES string of the molecule is C=C(CC(C)C)/C(=C\C)OCCC. The van der Waals surface area contributed by atoms with E-state index in [2.05, 4.69) is 27.4 Å². The minimum Gasteiger partial charge on any atom is -0.494 e. The van der Waals surface area contributed by atoms with Crippen LogP contribution in [0.4, 0.5) is 0 Å². The largest absolute Gasteiger partial charge is 0.494 e. The Morgan fingerprint density at radius 2 is 2.08 bits per heavy atom. The van der Waals surface area contributed by atoms with Crippen molar-refractivity contribution < 1.29 is 4.74 Å². The van der Waals surface area contributed by atoms with Crippen molar-refractivity contribution in [1.29, 1.82) is 0 Å². The van der Waals surface area contributed by atoms with Gasteiger partial charge in [-0.1, -0.05) is 27.4 Å². The van der Waals surface area contributed by atoms with Crippen LogP contribution in [0.5, 0.6) is 0 Å². The molecular weight excluding hydrogens is 160 g/mol. The lowest BCUT2D eigenvalue weighted by Crippen LogP contribution is -1.99. The highest BCUT2D eigenvalue weighted by molar-refractivity contribution is 5.22. The fraction of sp³-hybridized carbons (Fsp3) is 0.667. The lowest BCUT2D eigenvalue weighted by atomic mass is 10.0. The topological polar surface area (TPSA) is 9.23 Å². The average molecular weight is 182 g/mol. The van der Waals surface area contributed by atoms with E-state index in [9.17, 15) is 0 Å². The van der Waals surface area contributed by atoms with Crippen LogP contribution in [-0.2, 0) is 4.74 Å². The first-order valence-electron chi connectivity index (χ1n) is 5.09. The molecule has 0 bridgehead atoms. The summed E-state index contributed by atoms with van der Waals surface area (Å²) in [6.07, 6.45) is 4.07. The van der Waals surface area contributed by atoms with Crippen molar-refractivity contribution in [1.82, 2.24) is 0 Å². The van der Waals surface area contributed by atoms with Crippen LogP contribution in [0.2, 0.25) is 0 Å². The summed E-state index contributed by atoms with van der Waals surface area (Å²) in [7, 11) is 0. The van der Waals surface area contributed by atoms with Gasteiger partial charge >= 0.3 is 0 Å². The van der Waals surface area contributed by atoms with Gasteiger partial charge in [-0.2, -0.15) is 0 Å². The quantitative estimate of drug-likeness (QED) is 0.447. The van der Waals surface area contributed by atoms with Gasteiger partial charge in [-0.3, -0.25) is 0 Å². The minimum absolute atomic E-state index is 0.646. The molecule has 0 radical (unpaired) electrons. The summed E-state index contributed by atoms with van der Waals surface area (Å²) in [5.74, 6) is 1.61. The van der Waals surface area contributed by atoms with E-state index >= 15 is 0 Å². The monoisotopic (exact) mass is 182 g/mol. The van der Waals surface area contributed by atoms with Gasteiger partial charge in [-0.25, -0.2) is 0 Å².